The van der Waals surface area contributed by atoms with E-state index < -0.39 is 0 Å². The van der Waals surface area contributed by atoms with Crippen LogP contribution in [0.15, 0.2) is 11.4 Å². The van der Waals surface area contributed by atoms with Crippen molar-refractivity contribution in [3.8, 4) is 11.8 Å². The first-order chi connectivity index (χ1) is 8.60. The predicted molar refractivity (Wildman–Crippen MR) is 73.5 cm³/mol. The lowest BCUT2D eigenvalue weighted by Crippen LogP contribution is -2.38. The number of hydrogen-bond acceptors (Lipinski definition) is 4. The van der Waals surface area contributed by atoms with E-state index in [2.05, 4.69) is 11.8 Å². The monoisotopic (exact) mass is 266 g/mol. The zero-order chi connectivity index (χ0) is 13.5. The van der Waals surface area contributed by atoms with Crippen LogP contribution in [0, 0.1) is 11.8 Å². The Balaban J connectivity index is 2.85. The van der Waals surface area contributed by atoms with Crippen molar-refractivity contribution >= 4 is 17.2 Å². The van der Waals surface area contributed by atoms with Crippen LogP contribution in [0.3, 0.4) is 0 Å². The van der Waals surface area contributed by atoms with Crippen molar-refractivity contribution in [3.05, 3.63) is 21.9 Å². The van der Waals surface area contributed by atoms with E-state index in [1.165, 1.54) is 11.3 Å². The van der Waals surface area contributed by atoms with Gasteiger partial charge in [-0.3, -0.25) is 4.79 Å². The molecule has 0 aliphatic carbocycles. The van der Waals surface area contributed by atoms with Gasteiger partial charge in [-0.15, -0.1) is 11.3 Å². The van der Waals surface area contributed by atoms with Crippen LogP contribution in [-0.4, -0.2) is 41.7 Å². The van der Waals surface area contributed by atoms with E-state index in [0.717, 1.165) is 4.88 Å². The molecule has 0 spiro atoms. The van der Waals surface area contributed by atoms with Crippen molar-refractivity contribution in [3.63, 3.8) is 0 Å². The Bertz CT molecular complexity index is 457. The molecule has 98 valence electrons. The van der Waals surface area contributed by atoms with E-state index >= 15 is 0 Å². The summed E-state index contributed by atoms with van der Waals surface area (Å²) >= 11 is 1.43. The van der Waals surface area contributed by atoms with Crippen molar-refractivity contribution in [2.75, 3.05) is 19.7 Å². The van der Waals surface area contributed by atoms with Crippen LogP contribution >= 0.6 is 11.3 Å². The predicted octanol–water partition coefficient (Wildman–Crippen LogP) is 0.901. The topological polar surface area (TPSA) is 66.6 Å². The second-order valence-corrected chi connectivity index (χ2v) is 4.93. The van der Waals surface area contributed by atoms with E-state index in [0.29, 0.717) is 18.7 Å². The molecule has 1 aromatic heterocycles. The Labute approximate surface area is 111 Å². The molecule has 18 heavy (non-hydrogen) atoms. The summed E-state index contributed by atoms with van der Waals surface area (Å²) in [7, 11) is 0. The maximum absolute atomic E-state index is 12.2. The van der Waals surface area contributed by atoms with Gasteiger partial charge in [0.2, 0.25) is 0 Å². The fourth-order valence-electron chi connectivity index (χ4n) is 1.52. The molecular formula is C13H18N2O2S. The lowest BCUT2D eigenvalue weighted by Gasteiger charge is -2.25. The fraction of sp³-hybridized carbons (Fsp3) is 0.462. The van der Waals surface area contributed by atoms with Crippen LogP contribution in [0.25, 0.3) is 0 Å². The molecule has 0 aromatic carbocycles. The third-order valence-electron chi connectivity index (χ3n) is 2.39. The van der Waals surface area contributed by atoms with Crippen LogP contribution < -0.4 is 5.73 Å². The summed E-state index contributed by atoms with van der Waals surface area (Å²) in [5.41, 5.74) is 5.91. The van der Waals surface area contributed by atoms with Crippen LogP contribution in [0.1, 0.15) is 29.1 Å². The molecule has 4 nitrogen and oxygen atoms in total. The minimum absolute atomic E-state index is 0.0338. The normalized spacial score (nSPS) is 10.1. The highest BCUT2D eigenvalue weighted by Crippen LogP contribution is 2.16. The molecule has 5 heteroatoms. The molecular weight excluding hydrogens is 248 g/mol. The van der Waals surface area contributed by atoms with Crippen molar-refractivity contribution in [1.29, 1.82) is 0 Å². The number of aliphatic hydroxyl groups is 1. The molecule has 1 aromatic rings. The van der Waals surface area contributed by atoms with Gasteiger partial charge in [-0.2, -0.15) is 0 Å². The number of nitrogens with zero attached hydrogens (tertiary/aromatic N) is 1. The Kier molecular flexibility index (Phi) is 5.86. The Hall–Kier alpha value is -1.35. The Morgan fingerprint density at radius 1 is 1.61 bits per heavy atom. The number of hydrogen-bond donors (Lipinski definition) is 2. The molecule has 0 unspecified atom stereocenters. The van der Waals surface area contributed by atoms with Crippen molar-refractivity contribution in [1.82, 2.24) is 4.90 Å². The number of carbonyl (C=O) groups is 1. The van der Waals surface area contributed by atoms with Crippen molar-refractivity contribution < 1.29 is 9.90 Å². The summed E-state index contributed by atoms with van der Waals surface area (Å²) in [5, 5.41) is 10.8. The highest BCUT2D eigenvalue weighted by Gasteiger charge is 2.19. The fourth-order valence-corrected chi connectivity index (χ4v) is 2.27. The average molecular weight is 266 g/mol. The van der Waals surface area contributed by atoms with Crippen molar-refractivity contribution in [2.45, 2.75) is 19.9 Å². The van der Waals surface area contributed by atoms with E-state index in [-0.39, 0.29) is 18.6 Å². The molecule has 1 heterocycles. The molecule has 0 atom stereocenters. The lowest BCUT2D eigenvalue weighted by molar-refractivity contribution is 0.0666. The highest BCUT2D eigenvalue weighted by molar-refractivity contribution is 7.10. The largest absolute Gasteiger partial charge is 0.395 e. The smallest absolute Gasteiger partial charge is 0.255 e. The summed E-state index contributed by atoms with van der Waals surface area (Å²) in [6.07, 6.45) is 0. The van der Waals surface area contributed by atoms with Crippen molar-refractivity contribution in [2.24, 2.45) is 5.73 Å². The SMILES string of the molecule is CC(C)N(CCO)C(=O)c1csc(C#CCN)c1. The van der Waals surface area contributed by atoms with Gasteiger partial charge in [-0.05, 0) is 19.9 Å². The number of aliphatic hydroxyl groups excluding tert-OH is 1. The molecule has 1 rings (SSSR count). The molecule has 0 aliphatic heterocycles. The Morgan fingerprint density at radius 2 is 2.33 bits per heavy atom. The van der Waals surface area contributed by atoms with Gasteiger partial charge >= 0.3 is 0 Å². The van der Waals surface area contributed by atoms with Crippen LogP contribution in [0.5, 0.6) is 0 Å². The molecule has 0 bridgehead atoms. The van der Waals surface area contributed by atoms with Gasteiger partial charge in [-0.25, -0.2) is 0 Å². The number of amides is 1. The minimum Gasteiger partial charge on any atom is -0.395 e. The third-order valence-corrected chi connectivity index (χ3v) is 3.23. The summed E-state index contributed by atoms with van der Waals surface area (Å²) < 4.78 is 0. The van der Waals surface area contributed by atoms with Gasteiger partial charge in [0.15, 0.2) is 0 Å². The third kappa shape index (κ3) is 3.84. The number of rotatable bonds is 4. The first-order valence-corrected chi connectivity index (χ1v) is 6.67. The summed E-state index contributed by atoms with van der Waals surface area (Å²) in [4.78, 5) is 14.7. The van der Waals surface area contributed by atoms with E-state index in [9.17, 15) is 4.79 Å². The zero-order valence-corrected chi connectivity index (χ0v) is 11.5. The maximum atomic E-state index is 12.2. The standard InChI is InChI=1S/C13H18N2O2S/c1-10(2)15(6-7-16)13(17)11-8-12(18-9-11)4-3-5-14/h8-10,16H,5-7,14H2,1-2H3. The summed E-state index contributed by atoms with van der Waals surface area (Å²) in [6, 6.07) is 1.82. The number of nitrogens with two attached hydrogens (primary N) is 1. The minimum atomic E-state index is -0.0731. The van der Waals surface area contributed by atoms with Gasteiger partial charge in [0.25, 0.3) is 5.91 Å². The molecule has 1 amide bonds. The first-order valence-electron chi connectivity index (χ1n) is 5.79. The van der Waals surface area contributed by atoms with Crippen LogP contribution in [0.2, 0.25) is 0 Å². The van der Waals surface area contributed by atoms with E-state index in [1.807, 2.05) is 13.8 Å². The number of thiophene rings is 1. The molecule has 3 N–H and O–H groups in total. The van der Waals surface area contributed by atoms with Crippen LogP contribution in [0.4, 0.5) is 0 Å². The zero-order valence-electron chi connectivity index (χ0n) is 10.6. The quantitative estimate of drug-likeness (QED) is 0.796. The maximum Gasteiger partial charge on any atom is 0.255 e. The van der Waals surface area contributed by atoms with Crippen LogP contribution in [-0.2, 0) is 0 Å². The van der Waals surface area contributed by atoms with Gasteiger partial charge in [0.05, 0.1) is 23.6 Å². The van der Waals surface area contributed by atoms with Gasteiger partial charge < -0.3 is 15.7 Å². The molecule has 0 fully saturated rings. The summed E-state index contributed by atoms with van der Waals surface area (Å²) in [5.74, 6) is 5.59. The van der Waals surface area contributed by atoms with E-state index in [4.69, 9.17) is 10.8 Å². The number of carbonyl (C=O) groups excluding carboxylic acids is 1. The molecule has 0 saturated heterocycles. The van der Waals surface area contributed by atoms with Gasteiger partial charge in [0, 0.05) is 18.0 Å². The van der Waals surface area contributed by atoms with Gasteiger partial charge in [0.1, 0.15) is 0 Å². The molecule has 0 saturated carbocycles. The highest BCUT2D eigenvalue weighted by atomic mass is 32.1. The molecule has 0 aliphatic rings. The second kappa shape index (κ2) is 7.17. The second-order valence-electron chi connectivity index (χ2n) is 4.02. The lowest BCUT2D eigenvalue weighted by atomic mass is 10.2. The average Bonchev–Trinajstić information content (AvgIpc) is 2.81. The molecule has 0 radical (unpaired) electrons. The van der Waals surface area contributed by atoms with Gasteiger partial charge in [-0.1, -0.05) is 11.8 Å². The first kappa shape index (κ1) is 14.7. The van der Waals surface area contributed by atoms with E-state index in [1.54, 1.807) is 16.3 Å². The Morgan fingerprint density at radius 3 is 2.89 bits per heavy atom. The summed E-state index contributed by atoms with van der Waals surface area (Å²) in [6.45, 7) is 4.47.